The fourth-order valence-electron chi connectivity index (χ4n) is 5.19. The van der Waals surface area contributed by atoms with E-state index in [-0.39, 0.29) is 87.2 Å². The number of aliphatic imine (C=N–C) groups is 2. The van der Waals surface area contributed by atoms with Crippen LogP contribution in [0.5, 0.6) is 0 Å². The highest BCUT2D eigenvalue weighted by molar-refractivity contribution is 8.93. The Kier molecular flexibility index (Phi) is 29.6. The minimum absolute atomic E-state index is 0. The summed E-state index contributed by atoms with van der Waals surface area (Å²) in [7, 11) is 0. The van der Waals surface area contributed by atoms with Crippen molar-refractivity contribution in [3.63, 3.8) is 0 Å². The van der Waals surface area contributed by atoms with Crippen molar-refractivity contribution in [3.8, 4) is 0 Å². The van der Waals surface area contributed by atoms with Crippen molar-refractivity contribution in [1.82, 2.24) is 21.3 Å². The molecule has 0 heterocycles. The molecule has 0 saturated carbocycles. The first-order valence-corrected chi connectivity index (χ1v) is 15.9. The second kappa shape index (κ2) is 29.9. The summed E-state index contributed by atoms with van der Waals surface area (Å²) in [6.07, 6.45) is 1.97. The Morgan fingerprint density at radius 3 is 1.32 bits per heavy atom. The lowest BCUT2D eigenvalue weighted by Crippen LogP contribution is -2.36. The van der Waals surface area contributed by atoms with Gasteiger partial charge in [-0.3, -0.25) is 10.3 Å². The van der Waals surface area contributed by atoms with Crippen LogP contribution >= 0.6 is 67.9 Å². The quantitative estimate of drug-likeness (QED) is 0.0353. The topological polar surface area (TPSA) is 125 Å². The second-order valence-corrected chi connectivity index (χ2v) is 10.9. The molecule has 4 rings (SSSR count). The maximum Gasteiger partial charge on any atom is 0.189 e. The molecular weight excluding hydrogens is 888 g/mol. The van der Waals surface area contributed by atoms with Crippen LogP contribution in [0.4, 0.5) is 0 Å². The highest BCUT2D eigenvalue weighted by Gasteiger charge is 2.14. The van der Waals surface area contributed by atoms with E-state index in [4.69, 9.17) is 11.5 Å². The fraction of sp³-hybridized carbons (Fsp3) is 0.316. The highest BCUT2D eigenvalue weighted by atomic mass is 79.9. The predicted molar refractivity (Wildman–Crippen MR) is 237 cm³/mol. The van der Waals surface area contributed by atoms with Gasteiger partial charge in [-0.2, -0.15) is 0 Å². The van der Waals surface area contributed by atoms with Crippen LogP contribution in [0.1, 0.15) is 54.4 Å². The third-order valence-electron chi connectivity index (χ3n) is 7.64. The van der Waals surface area contributed by atoms with Gasteiger partial charge in [0.05, 0.1) is 13.2 Å². The van der Waals surface area contributed by atoms with Gasteiger partial charge in [-0.15, -0.1) is 67.9 Å². The van der Waals surface area contributed by atoms with Gasteiger partial charge in [0, 0.05) is 24.9 Å². The summed E-state index contributed by atoms with van der Waals surface area (Å²) in [5.41, 5.74) is 17.3. The SMILES string of the molecule is Br.Br.Br.Br.C.NC(=NCC(c1ccccc1)c1ccccc1)NCCCNCCCNCN=C(N)NCC(c1ccccc1)c1ccccc1. The van der Waals surface area contributed by atoms with Gasteiger partial charge in [-0.05, 0) is 54.7 Å². The van der Waals surface area contributed by atoms with Crippen LogP contribution in [0.25, 0.3) is 0 Å². The first-order chi connectivity index (χ1) is 22.2. The monoisotopic (exact) mass is 940 g/mol. The Balaban J connectivity index is 0. The molecule has 0 aromatic heterocycles. The summed E-state index contributed by atoms with van der Waals surface area (Å²) in [5.74, 6) is 1.31. The molecule has 0 aliphatic heterocycles. The maximum absolute atomic E-state index is 6.18. The Hall–Kier alpha value is -2.74. The van der Waals surface area contributed by atoms with Gasteiger partial charge >= 0.3 is 0 Å². The molecule has 0 saturated heterocycles. The Labute approximate surface area is 341 Å². The molecule has 0 fully saturated rings. The van der Waals surface area contributed by atoms with Crippen LogP contribution in [0, 0.1) is 0 Å². The van der Waals surface area contributed by atoms with Crippen LogP contribution < -0.4 is 32.7 Å². The van der Waals surface area contributed by atoms with E-state index in [1.54, 1.807) is 0 Å². The number of nitrogens with one attached hydrogen (secondary N) is 4. The second-order valence-electron chi connectivity index (χ2n) is 10.9. The molecule has 0 bridgehead atoms. The molecule has 0 unspecified atom stereocenters. The van der Waals surface area contributed by atoms with E-state index in [2.05, 4.69) is 128 Å². The van der Waals surface area contributed by atoms with Crippen LogP contribution in [-0.4, -0.2) is 57.9 Å². The molecule has 50 heavy (non-hydrogen) atoms. The number of guanidine groups is 2. The average Bonchev–Trinajstić information content (AvgIpc) is 3.09. The molecule has 0 spiro atoms. The van der Waals surface area contributed by atoms with E-state index < -0.39 is 0 Å². The predicted octanol–water partition coefficient (Wildman–Crippen LogP) is 7.32. The Morgan fingerprint density at radius 1 is 0.480 bits per heavy atom. The van der Waals surface area contributed by atoms with Gasteiger partial charge in [-0.25, -0.2) is 4.99 Å². The van der Waals surface area contributed by atoms with Crippen molar-refractivity contribution in [3.05, 3.63) is 144 Å². The lowest BCUT2D eigenvalue weighted by molar-refractivity contribution is 0.585. The van der Waals surface area contributed by atoms with E-state index in [1.165, 1.54) is 22.3 Å². The summed E-state index contributed by atoms with van der Waals surface area (Å²) in [6.45, 7) is 5.25. The summed E-state index contributed by atoms with van der Waals surface area (Å²) in [4.78, 5) is 9.08. The summed E-state index contributed by atoms with van der Waals surface area (Å²) in [6, 6.07) is 41.9. The molecule has 0 radical (unpaired) electrons. The number of nitrogens with zero attached hydrogens (tertiary/aromatic N) is 2. The molecular formula is C38H56Br4N8. The normalized spacial score (nSPS) is 10.8. The molecule has 0 aliphatic carbocycles. The van der Waals surface area contributed by atoms with Crippen molar-refractivity contribution in [1.29, 1.82) is 0 Å². The largest absolute Gasteiger partial charge is 0.370 e. The van der Waals surface area contributed by atoms with Gasteiger partial charge in [0.1, 0.15) is 0 Å². The number of nitrogens with two attached hydrogens (primary N) is 2. The lowest BCUT2D eigenvalue weighted by Gasteiger charge is -2.19. The van der Waals surface area contributed by atoms with Gasteiger partial charge < -0.3 is 27.4 Å². The van der Waals surface area contributed by atoms with Crippen LogP contribution in [-0.2, 0) is 0 Å². The first kappa shape index (κ1) is 49.4. The third kappa shape index (κ3) is 18.5. The van der Waals surface area contributed by atoms with Crippen molar-refractivity contribution < 1.29 is 0 Å². The van der Waals surface area contributed by atoms with Gasteiger partial charge in [-0.1, -0.05) is 129 Å². The highest BCUT2D eigenvalue weighted by Crippen LogP contribution is 2.25. The van der Waals surface area contributed by atoms with E-state index >= 15 is 0 Å². The van der Waals surface area contributed by atoms with E-state index in [0.29, 0.717) is 31.7 Å². The Morgan fingerprint density at radius 2 is 0.860 bits per heavy atom. The third-order valence-corrected chi connectivity index (χ3v) is 7.64. The minimum atomic E-state index is 0. The first-order valence-electron chi connectivity index (χ1n) is 15.9. The zero-order valence-corrected chi connectivity index (χ0v) is 34.6. The van der Waals surface area contributed by atoms with Gasteiger partial charge in [0.2, 0.25) is 0 Å². The molecule has 8 nitrogen and oxygen atoms in total. The maximum atomic E-state index is 6.18. The molecule has 4 aromatic carbocycles. The minimum Gasteiger partial charge on any atom is -0.370 e. The van der Waals surface area contributed by atoms with Crippen molar-refractivity contribution >= 4 is 79.8 Å². The van der Waals surface area contributed by atoms with Gasteiger partial charge in [0.15, 0.2) is 11.9 Å². The van der Waals surface area contributed by atoms with Crippen LogP contribution in [0.2, 0.25) is 0 Å². The van der Waals surface area contributed by atoms with E-state index in [9.17, 15) is 0 Å². The summed E-state index contributed by atoms with van der Waals surface area (Å²) >= 11 is 0. The summed E-state index contributed by atoms with van der Waals surface area (Å²) in [5, 5.41) is 13.4. The van der Waals surface area contributed by atoms with Crippen molar-refractivity contribution in [2.24, 2.45) is 21.5 Å². The number of rotatable bonds is 18. The van der Waals surface area contributed by atoms with E-state index in [1.807, 2.05) is 24.3 Å². The molecule has 12 heteroatoms. The van der Waals surface area contributed by atoms with Gasteiger partial charge in [0.25, 0.3) is 0 Å². The molecule has 276 valence electrons. The lowest BCUT2D eigenvalue weighted by atomic mass is 9.91. The molecule has 0 aliphatic rings. The molecule has 8 N–H and O–H groups in total. The zero-order valence-electron chi connectivity index (χ0n) is 27.7. The smallest absolute Gasteiger partial charge is 0.189 e. The fourth-order valence-corrected chi connectivity index (χ4v) is 5.19. The van der Waals surface area contributed by atoms with Crippen LogP contribution in [0.3, 0.4) is 0 Å². The number of hydrogen-bond acceptors (Lipinski definition) is 4. The molecule has 4 aromatic rings. The number of halogens is 4. The Bertz CT molecular complexity index is 1340. The number of hydrogen-bond donors (Lipinski definition) is 6. The van der Waals surface area contributed by atoms with Crippen molar-refractivity contribution in [2.45, 2.75) is 32.1 Å². The number of benzene rings is 4. The molecule has 0 atom stereocenters. The molecule has 0 amide bonds. The summed E-state index contributed by atoms with van der Waals surface area (Å²) < 4.78 is 0. The van der Waals surface area contributed by atoms with Crippen molar-refractivity contribution in [2.75, 3.05) is 45.9 Å². The standard InChI is InChI=1S/C37H48N8.CH4.4BrH/c38-36(43-27-34(30-15-5-1-6-16-30)31-17-7-2-8-18-31)42-26-14-24-40-23-13-25-41-29-45-37(39)44-28-35(32-19-9-3-10-20-32)33-21-11-4-12-22-33;;;;;/h1-12,15-22,34-35,40-41H,13-14,23-29H2,(H3,38,42,43)(H3,39,44,45);1H4;4*1H. The average molecular weight is 945 g/mol. The van der Waals surface area contributed by atoms with E-state index in [0.717, 1.165) is 39.0 Å². The zero-order chi connectivity index (χ0) is 31.4. The van der Waals surface area contributed by atoms with Crippen LogP contribution in [0.15, 0.2) is 131 Å².